The van der Waals surface area contributed by atoms with E-state index in [0.29, 0.717) is 11.4 Å². The Morgan fingerprint density at radius 3 is 2.96 bits per heavy atom. The number of methoxy groups -OCH3 is 1. The van der Waals surface area contributed by atoms with Crippen LogP contribution in [0.25, 0.3) is 10.8 Å². The molecule has 3 rings (SSSR count). The van der Waals surface area contributed by atoms with Crippen LogP contribution in [0.4, 0.5) is 5.69 Å². The molecule has 0 spiro atoms. The Hall–Kier alpha value is -2.87. The van der Waals surface area contributed by atoms with Crippen molar-refractivity contribution >= 4 is 22.9 Å². The number of thiophene rings is 1. The predicted molar refractivity (Wildman–Crippen MR) is 95.1 cm³/mol. The topological polar surface area (TPSA) is 86.4 Å². The van der Waals surface area contributed by atoms with E-state index in [2.05, 4.69) is 10.4 Å². The van der Waals surface area contributed by atoms with E-state index in [0.717, 1.165) is 15.1 Å². The number of hydrogen-bond donors (Lipinski definition) is 1. The first-order valence-electron chi connectivity index (χ1n) is 7.63. The largest absolute Gasteiger partial charge is 0.495 e. The van der Waals surface area contributed by atoms with Crippen molar-refractivity contribution in [1.29, 1.82) is 0 Å². The van der Waals surface area contributed by atoms with Gasteiger partial charge in [0.05, 0.1) is 24.2 Å². The second kappa shape index (κ2) is 7.35. The summed E-state index contributed by atoms with van der Waals surface area (Å²) in [6, 6.07) is 9.18. The van der Waals surface area contributed by atoms with Crippen molar-refractivity contribution in [2.45, 2.75) is 19.9 Å². The smallest absolute Gasteiger partial charge is 0.437 e. The number of carbonyl (C=O) groups excluding carboxylic acids is 1. The molecular weight excluding hydrogens is 342 g/mol. The molecule has 0 saturated carbocycles. The van der Waals surface area contributed by atoms with Crippen molar-refractivity contribution in [3.8, 4) is 16.5 Å². The number of hydrogen-bond acceptors (Lipinski definition) is 6. The van der Waals surface area contributed by atoms with Crippen LogP contribution in [-0.4, -0.2) is 22.8 Å². The highest BCUT2D eigenvalue weighted by atomic mass is 32.1. The lowest BCUT2D eigenvalue weighted by Crippen LogP contribution is -2.21. The average molecular weight is 359 g/mol. The number of nitrogens with one attached hydrogen (secondary N) is 1. The van der Waals surface area contributed by atoms with Gasteiger partial charge in [-0.25, -0.2) is 4.79 Å². The number of carbonyl (C=O) groups is 1. The molecule has 0 radical (unpaired) electrons. The number of ether oxygens (including phenoxy) is 1. The monoisotopic (exact) mass is 359 g/mol. The maximum absolute atomic E-state index is 12.2. The van der Waals surface area contributed by atoms with Crippen LogP contribution in [0.1, 0.15) is 12.0 Å². The van der Waals surface area contributed by atoms with Crippen molar-refractivity contribution in [2.24, 2.45) is 0 Å². The lowest BCUT2D eigenvalue weighted by Gasteiger charge is -2.10. The van der Waals surface area contributed by atoms with E-state index < -0.39 is 5.76 Å². The van der Waals surface area contributed by atoms with Crippen LogP contribution in [0.15, 0.2) is 44.9 Å². The molecule has 1 aromatic carbocycles. The van der Waals surface area contributed by atoms with E-state index in [1.54, 1.807) is 13.2 Å². The minimum atomic E-state index is -0.579. The maximum Gasteiger partial charge on any atom is 0.437 e. The summed E-state index contributed by atoms with van der Waals surface area (Å²) in [6.07, 6.45) is 0.0907. The maximum atomic E-state index is 12.2. The van der Waals surface area contributed by atoms with Gasteiger partial charge in [-0.15, -0.1) is 16.4 Å². The second-order valence-corrected chi connectivity index (χ2v) is 6.32. The van der Waals surface area contributed by atoms with E-state index >= 15 is 0 Å². The molecule has 0 fully saturated rings. The molecule has 0 aliphatic heterocycles. The van der Waals surface area contributed by atoms with Crippen LogP contribution in [0.2, 0.25) is 0 Å². The van der Waals surface area contributed by atoms with Crippen molar-refractivity contribution in [3.05, 3.63) is 51.8 Å². The van der Waals surface area contributed by atoms with Gasteiger partial charge in [-0.3, -0.25) is 4.79 Å². The van der Waals surface area contributed by atoms with Crippen molar-refractivity contribution in [3.63, 3.8) is 0 Å². The van der Waals surface area contributed by atoms with Crippen LogP contribution in [0, 0.1) is 6.92 Å². The van der Waals surface area contributed by atoms with E-state index in [-0.39, 0.29) is 24.8 Å². The normalized spacial score (nSPS) is 10.6. The van der Waals surface area contributed by atoms with E-state index in [1.165, 1.54) is 11.3 Å². The summed E-state index contributed by atoms with van der Waals surface area (Å²) in [7, 11) is 1.54. The lowest BCUT2D eigenvalue weighted by molar-refractivity contribution is -0.116. The first kappa shape index (κ1) is 17.0. The first-order valence-corrected chi connectivity index (χ1v) is 8.51. The molecule has 0 atom stereocenters. The molecule has 8 heteroatoms. The van der Waals surface area contributed by atoms with Crippen LogP contribution in [0.5, 0.6) is 5.75 Å². The zero-order valence-electron chi connectivity index (χ0n) is 13.8. The minimum Gasteiger partial charge on any atom is -0.495 e. The molecule has 130 valence electrons. The number of aromatic nitrogens is 2. The summed E-state index contributed by atoms with van der Waals surface area (Å²) in [5.41, 5.74) is 1.60. The summed E-state index contributed by atoms with van der Waals surface area (Å²) in [6.45, 7) is 2.06. The Morgan fingerprint density at radius 1 is 1.40 bits per heavy atom. The Bertz CT molecular complexity index is 928. The molecule has 0 unspecified atom stereocenters. The molecular formula is C17H17N3O4S. The molecule has 1 amide bonds. The Morgan fingerprint density at radius 2 is 2.24 bits per heavy atom. The standard InChI is InChI=1S/C17H17N3O4S/c1-11-5-6-13(23-2)12(10-11)18-15(21)7-8-20-17(22)24-16(19-20)14-4-3-9-25-14/h3-6,9-10H,7-8H2,1-2H3,(H,18,21). The number of aryl methyl sites for hydroxylation is 2. The highest BCUT2D eigenvalue weighted by molar-refractivity contribution is 7.13. The van der Waals surface area contributed by atoms with Gasteiger partial charge in [-0.05, 0) is 36.1 Å². The van der Waals surface area contributed by atoms with Gasteiger partial charge < -0.3 is 14.5 Å². The molecule has 1 N–H and O–H groups in total. The van der Waals surface area contributed by atoms with E-state index in [1.807, 2.05) is 36.6 Å². The molecule has 0 aliphatic rings. The summed E-state index contributed by atoms with van der Waals surface area (Å²) in [4.78, 5) is 24.8. The molecule has 7 nitrogen and oxygen atoms in total. The Labute approximate surface area is 147 Å². The summed E-state index contributed by atoms with van der Waals surface area (Å²) in [5.74, 6) is 0.0269. The van der Waals surface area contributed by atoms with Gasteiger partial charge in [0, 0.05) is 6.42 Å². The van der Waals surface area contributed by atoms with Crippen molar-refractivity contribution < 1.29 is 13.9 Å². The molecule has 0 bridgehead atoms. The van der Waals surface area contributed by atoms with Crippen LogP contribution >= 0.6 is 11.3 Å². The average Bonchev–Trinajstić information content (AvgIpc) is 3.23. The number of nitrogens with zero attached hydrogens (tertiary/aromatic N) is 2. The highest BCUT2D eigenvalue weighted by Crippen LogP contribution is 2.25. The third kappa shape index (κ3) is 3.97. The summed E-state index contributed by atoms with van der Waals surface area (Å²) < 4.78 is 11.5. The zero-order chi connectivity index (χ0) is 17.8. The zero-order valence-corrected chi connectivity index (χ0v) is 14.6. The molecule has 2 aromatic heterocycles. The van der Waals surface area contributed by atoms with Gasteiger partial charge in [-0.2, -0.15) is 4.68 Å². The molecule has 25 heavy (non-hydrogen) atoms. The quantitative estimate of drug-likeness (QED) is 0.731. The fourth-order valence-electron chi connectivity index (χ4n) is 2.29. The van der Waals surface area contributed by atoms with Gasteiger partial charge in [0.15, 0.2) is 0 Å². The van der Waals surface area contributed by atoms with Crippen molar-refractivity contribution in [2.75, 3.05) is 12.4 Å². The lowest BCUT2D eigenvalue weighted by atomic mass is 10.2. The predicted octanol–water partition coefficient (Wildman–Crippen LogP) is 2.91. The van der Waals surface area contributed by atoms with Crippen LogP contribution < -0.4 is 15.8 Å². The van der Waals surface area contributed by atoms with E-state index in [9.17, 15) is 9.59 Å². The number of amides is 1. The number of benzene rings is 1. The molecule has 3 aromatic rings. The van der Waals surface area contributed by atoms with Gasteiger partial charge in [0.25, 0.3) is 5.89 Å². The molecule has 0 saturated heterocycles. The van der Waals surface area contributed by atoms with Crippen LogP contribution in [0.3, 0.4) is 0 Å². The van der Waals surface area contributed by atoms with Gasteiger partial charge in [0.2, 0.25) is 5.91 Å². The number of rotatable bonds is 6. The Kier molecular flexibility index (Phi) is 4.99. The van der Waals surface area contributed by atoms with Crippen molar-refractivity contribution in [1.82, 2.24) is 9.78 Å². The Balaban J connectivity index is 1.65. The van der Waals surface area contributed by atoms with E-state index in [4.69, 9.17) is 9.15 Å². The number of anilines is 1. The fraction of sp³-hybridized carbons (Fsp3) is 0.235. The third-order valence-corrected chi connectivity index (χ3v) is 4.38. The van der Waals surface area contributed by atoms with Crippen LogP contribution in [-0.2, 0) is 11.3 Å². The first-order chi connectivity index (χ1) is 12.1. The fourth-order valence-corrected chi connectivity index (χ4v) is 2.93. The third-order valence-electron chi connectivity index (χ3n) is 3.52. The van der Waals surface area contributed by atoms with Gasteiger partial charge in [-0.1, -0.05) is 12.1 Å². The summed E-state index contributed by atoms with van der Waals surface area (Å²) in [5, 5.41) is 8.79. The molecule has 2 heterocycles. The highest BCUT2D eigenvalue weighted by Gasteiger charge is 2.13. The van der Waals surface area contributed by atoms with Gasteiger partial charge >= 0.3 is 5.76 Å². The SMILES string of the molecule is COc1ccc(C)cc1NC(=O)CCn1nc(-c2cccs2)oc1=O. The second-order valence-electron chi connectivity index (χ2n) is 5.38. The minimum absolute atomic E-state index is 0.0907. The summed E-state index contributed by atoms with van der Waals surface area (Å²) >= 11 is 1.43. The molecule has 0 aliphatic carbocycles. The van der Waals surface area contributed by atoms with Gasteiger partial charge in [0.1, 0.15) is 5.75 Å².